The number of carbonyl (C=O) groups is 1. The molecule has 2 aromatic rings. The number of nitrogens with zero attached hydrogens (tertiary/aromatic N) is 3. The summed E-state index contributed by atoms with van der Waals surface area (Å²) in [5.74, 6) is 1.43. The number of carbonyl (C=O) groups excluding carboxylic acids is 1. The fourth-order valence-corrected chi connectivity index (χ4v) is 3.30. The molecular weight excluding hydrogens is 302 g/mol. The van der Waals surface area contributed by atoms with E-state index in [0.717, 1.165) is 55.1 Å². The molecule has 0 spiro atoms. The highest BCUT2D eigenvalue weighted by Gasteiger charge is 2.23. The first-order valence-electron chi connectivity index (χ1n) is 8.37. The van der Waals surface area contributed by atoms with Gasteiger partial charge in [0.15, 0.2) is 0 Å². The van der Waals surface area contributed by atoms with Gasteiger partial charge in [-0.1, -0.05) is 0 Å². The van der Waals surface area contributed by atoms with Crippen LogP contribution in [0.15, 0.2) is 36.7 Å². The lowest BCUT2D eigenvalue weighted by molar-refractivity contribution is -0.130. The van der Waals surface area contributed by atoms with Crippen molar-refractivity contribution < 1.29 is 9.53 Å². The number of benzene rings is 1. The van der Waals surface area contributed by atoms with Crippen LogP contribution < -0.4 is 4.74 Å². The van der Waals surface area contributed by atoms with Crippen LogP contribution in [-0.2, 0) is 11.2 Å². The molecule has 2 heterocycles. The Morgan fingerprint density at radius 3 is 2.71 bits per heavy atom. The molecule has 0 aliphatic carbocycles. The second kappa shape index (κ2) is 7.43. The van der Waals surface area contributed by atoms with Crippen molar-refractivity contribution in [3.8, 4) is 17.0 Å². The fourth-order valence-electron chi connectivity index (χ4n) is 3.30. The molecule has 0 radical (unpaired) electrons. The summed E-state index contributed by atoms with van der Waals surface area (Å²) in [7, 11) is 1.66. The summed E-state index contributed by atoms with van der Waals surface area (Å²) < 4.78 is 5.22. The van der Waals surface area contributed by atoms with Gasteiger partial charge >= 0.3 is 0 Å². The minimum Gasteiger partial charge on any atom is -0.497 e. The maximum Gasteiger partial charge on any atom is 0.219 e. The van der Waals surface area contributed by atoms with Crippen molar-refractivity contribution in [3.05, 3.63) is 42.4 Å². The SMILES string of the molecule is COc1ccc(-c2nccnc2C[C@@H]2CCCN(C(C)=O)C2)cc1. The summed E-state index contributed by atoms with van der Waals surface area (Å²) in [5, 5.41) is 0. The van der Waals surface area contributed by atoms with Gasteiger partial charge < -0.3 is 9.64 Å². The number of aromatic nitrogens is 2. The average Bonchev–Trinajstić information content (AvgIpc) is 2.62. The predicted molar refractivity (Wildman–Crippen MR) is 92.7 cm³/mol. The van der Waals surface area contributed by atoms with Crippen molar-refractivity contribution >= 4 is 5.91 Å². The van der Waals surface area contributed by atoms with E-state index < -0.39 is 0 Å². The van der Waals surface area contributed by atoms with Gasteiger partial charge in [-0.15, -0.1) is 0 Å². The van der Waals surface area contributed by atoms with Gasteiger partial charge in [-0.25, -0.2) is 0 Å². The Morgan fingerprint density at radius 2 is 2.00 bits per heavy atom. The molecule has 1 aromatic heterocycles. The molecule has 1 amide bonds. The second-order valence-electron chi connectivity index (χ2n) is 6.26. The third-order valence-electron chi connectivity index (χ3n) is 4.58. The van der Waals surface area contributed by atoms with E-state index in [1.807, 2.05) is 29.2 Å². The van der Waals surface area contributed by atoms with Crippen LogP contribution in [0.4, 0.5) is 0 Å². The van der Waals surface area contributed by atoms with E-state index in [1.54, 1.807) is 26.4 Å². The number of rotatable bonds is 4. The first-order chi connectivity index (χ1) is 11.7. The molecule has 1 fully saturated rings. The standard InChI is InChI=1S/C19H23N3O2/c1-14(23)22-11-3-4-15(13-22)12-18-19(21-10-9-20-18)16-5-7-17(24-2)8-6-16/h5-10,15H,3-4,11-13H2,1-2H3/t15-/m0/s1. The largest absolute Gasteiger partial charge is 0.497 e. The molecule has 1 aliphatic heterocycles. The van der Waals surface area contributed by atoms with Crippen molar-refractivity contribution in [2.75, 3.05) is 20.2 Å². The van der Waals surface area contributed by atoms with E-state index in [0.29, 0.717) is 5.92 Å². The summed E-state index contributed by atoms with van der Waals surface area (Å²) in [6.45, 7) is 3.33. The van der Waals surface area contributed by atoms with Gasteiger partial charge in [0.05, 0.1) is 18.5 Å². The first kappa shape index (κ1) is 16.4. The molecule has 3 rings (SSSR count). The quantitative estimate of drug-likeness (QED) is 0.867. The minimum atomic E-state index is 0.161. The van der Waals surface area contributed by atoms with Crippen LogP contribution in [0.5, 0.6) is 5.75 Å². The number of piperidine rings is 1. The normalized spacial score (nSPS) is 17.6. The molecule has 126 valence electrons. The van der Waals surface area contributed by atoms with E-state index in [4.69, 9.17) is 4.74 Å². The molecule has 5 heteroatoms. The van der Waals surface area contributed by atoms with Crippen molar-refractivity contribution in [2.45, 2.75) is 26.2 Å². The van der Waals surface area contributed by atoms with E-state index in [1.165, 1.54) is 0 Å². The van der Waals surface area contributed by atoms with Crippen LogP contribution in [0, 0.1) is 5.92 Å². The predicted octanol–water partition coefficient (Wildman–Crippen LogP) is 2.95. The summed E-state index contributed by atoms with van der Waals surface area (Å²) in [6.07, 6.45) is 6.50. The highest BCUT2D eigenvalue weighted by Crippen LogP contribution is 2.27. The van der Waals surface area contributed by atoms with Gasteiger partial charge in [-0.3, -0.25) is 14.8 Å². The molecule has 0 saturated carbocycles. The topological polar surface area (TPSA) is 55.3 Å². The zero-order valence-electron chi connectivity index (χ0n) is 14.2. The minimum absolute atomic E-state index is 0.161. The van der Waals surface area contributed by atoms with Gasteiger partial charge in [0, 0.05) is 38.0 Å². The van der Waals surface area contributed by atoms with Gasteiger partial charge in [-0.2, -0.15) is 0 Å². The summed E-state index contributed by atoms with van der Waals surface area (Å²) in [4.78, 5) is 22.7. The maximum atomic E-state index is 11.6. The lowest BCUT2D eigenvalue weighted by Crippen LogP contribution is -2.39. The van der Waals surface area contributed by atoms with Crippen LogP contribution in [0.1, 0.15) is 25.5 Å². The highest BCUT2D eigenvalue weighted by molar-refractivity contribution is 5.73. The number of likely N-dealkylation sites (tertiary alicyclic amines) is 1. The zero-order chi connectivity index (χ0) is 16.9. The van der Waals surface area contributed by atoms with Crippen LogP contribution in [-0.4, -0.2) is 41.0 Å². The Morgan fingerprint density at radius 1 is 1.25 bits per heavy atom. The third-order valence-corrected chi connectivity index (χ3v) is 4.58. The van der Waals surface area contributed by atoms with Crippen molar-refractivity contribution in [1.82, 2.24) is 14.9 Å². The molecule has 1 aromatic carbocycles. The van der Waals surface area contributed by atoms with E-state index >= 15 is 0 Å². The smallest absolute Gasteiger partial charge is 0.219 e. The molecule has 0 bridgehead atoms. The lowest BCUT2D eigenvalue weighted by Gasteiger charge is -2.32. The van der Waals surface area contributed by atoms with Gasteiger partial charge in [0.1, 0.15) is 5.75 Å². The molecule has 0 N–H and O–H groups in total. The summed E-state index contributed by atoms with van der Waals surface area (Å²) in [5.41, 5.74) is 2.95. The van der Waals surface area contributed by atoms with E-state index in [2.05, 4.69) is 9.97 Å². The lowest BCUT2D eigenvalue weighted by atomic mass is 9.91. The third kappa shape index (κ3) is 3.72. The summed E-state index contributed by atoms with van der Waals surface area (Å²) >= 11 is 0. The van der Waals surface area contributed by atoms with Gasteiger partial charge in [0.2, 0.25) is 5.91 Å². The zero-order valence-corrected chi connectivity index (χ0v) is 14.2. The maximum absolute atomic E-state index is 11.6. The van der Waals surface area contributed by atoms with Gasteiger partial charge in [0.25, 0.3) is 0 Å². The Kier molecular flexibility index (Phi) is 5.08. The Bertz CT molecular complexity index is 700. The second-order valence-corrected chi connectivity index (χ2v) is 6.26. The van der Waals surface area contributed by atoms with Gasteiger partial charge in [-0.05, 0) is 49.4 Å². The average molecular weight is 325 g/mol. The molecule has 24 heavy (non-hydrogen) atoms. The van der Waals surface area contributed by atoms with Crippen LogP contribution in [0.3, 0.4) is 0 Å². The monoisotopic (exact) mass is 325 g/mol. The van der Waals surface area contributed by atoms with E-state index in [9.17, 15) is 4.79 Å². The number of methoxy groups -OCH3 is 1. The molecule has 1 saturated heterocycles. The Balaban J connectivity index is 1.80. The summed E-state index contributed by atoms with van der Waals surface area (Å²) in [6, 6.07) is 7.89. The number of hydrogen-bond acceptors (Lipinski definition) is 4. The van der Waals surface area contributed by atoms with Crippen molar-refractivity contribution in [3.63, 3.8) is 0 Å². The van der Waals surface area contributed by atoms with Crippen LogP contribution >= 0.6 is 0 Å². The Labute approximate surface area is 142 Å². The molecule has 1 atom stereocenters. The number of hydrogen-bond donors (Lipinski definition) is 0. The van der Waals surface area contributed by atoms with Crippen LogP contribution in [0.2, 0.25) is 0 Å². The molecule has 5 nitrogen and oxygen atoms in total. The van der Waals surface area contributed by atoms with Crippen molar-refractivity contribution in [2.24, 2.45) is 5.92 Å². The molecule has 1 aliphatic rings. The first-order valence-corrected chi connectivity index (χ1v) is 8.37. The number of amides is 1. The molecule has 0 unspecified atom stereocenters. The number of ether oxygens (including phenoxy) is 1. The highest BCUT2D eigenvalue weighted by atomic mass is 16.5. The van der Waals surface area contributed by atoms with Crippen molar-refractivity contribution in [1.29, 1.82) is 0 Å². The molecular formula is C19H23N3O2. The van der Waals surface area contributed by atoms with Crippen LogP contribution in [0.25, 0.3) is 11.3 Å². The fraction of sp³-hybridized carbons (Fsp3) is 0.421. The Hall–Kier alpha value is -2.43. The van der Waals surface area contributed by atoms with E-state index in [-0.39, 0.29) is 5.91 Å².